The Morgan fingerprint density at radius 2 is 2.14 bits per heavy atom. The second-order valence-corrected chi connectivity index (χ2v) is 5.02. The largest absolute Gasteiger partial charge is 0.479 e. The maximum Gasteiger partial charge on any atom is 0.337 e. The number of aliphatic carboxylic acids is 1. The van der Waals surface area contributed by atoms with Crippen LogP contribution in [0.25, 0.3) is 10.9 Å². The van der Waals surface area contributed by atoms with Gasteiger partial charge in [0.15, 0.2) is 5.60 Å². The molecule has 0 aliphatic rings. The third-order valence-electron chi connectivity index (χ3n) is 3.32. The lowest BCUT2D eigenvalue weighted by Crippen LogP contribution is -2.42. The molecule has 0 saturated carbocycles. The third kappa shape index (κ3) is 2.78. The van der Waals surface area contributed by atoms with E-state index in [0.717, 1.165) is 10.9 Å². The SMILES string of the molecule is Cc1c(C#N)c(NCC(C)(O)C(=O)O)nc2ccccc12. The fourth-order valence-electron chi connectivity index (χ4n) is 1.97. The minimum absolute atomic E-state index is 0.248. The summed E-state index contributed by atoms with van der Waals surface area (Å²) in [5.74, 6) is -1.07. The molecule has 108 valence electrons. The zero-order valence-corrected chi connectivity index (χ0v) is 11.7. The highest BCUT2D eigenvalue weighted by Crippen LogP contribution is 2.25. The number of aryl methyl sites for hydroxylation is 1. The summed E-state index contributed by atoms with van der Waals surface area (Å²) in [5.41, 5.74) is -0.129. The molecule has 0 amide bonds. The molecule has 0 spiro atoms. The molecule has 2 aromatic rings. The second-order valence-electron chi connectivity index (χ2n) is 5.02. The summed E-state index contributed by atoms with van der Waals surface area (Å²) in [6, 6.07) is 9.44. The van der Waals surface area contributed by atoms with Crippen molar-refractivity contribution in [1.82, 2.24) is 4.98 Å². The molecule has 1 heterocycles. The van der Waals surface area contributed by atoms with Crippen LogP contribution in [0.5, 0.6) is 0 Å². The smallest absolute Gasteiger partial charge is 0.337 e. The number of aromatic nitrogens is 1. The number of para-hydroxylation sites is 1. The first-order chi connectivity index (χ1) is 9.86. The molecular formula is C15H15N3O3. The van der Waals surface area contributed by atoms with Gasteiger partial charge in [0.05, 0.1) is 17.6 Å². The number of hydrogen-bond donors (Lipinski definition) is 3. The minimum atomic E-state index is -1.94. The van der Waals surface area contributed by atoms with Crippen molar-refractivity contribution in [2.45, 2.75) is 19.4 Å². The van der Waals surface area contributed by atoms with Gasteiger partial charge in [-0.05, 0) is 25.5 Å². The normalized spacial score (nSPS) is 13.4. The first-order valence-electron chi connectivity index (χ1n) is 6.36. The Labute approximate surface area is 121 Å². The van der Waals surface area contributed by atoms with E-state index in [2.05, 4.69) is 16.4 Å². The number of anilines is 1. The van der Waals surface area contributed by atoms with Crippen LogP contribution in [0.2, 0.25) is 0 Å². The predicted molar refractivity (Wildman–Crippen MR) is 77.9 cm³/mol. The first kappa shape index (κ1) is 14.8. The molecule has 1 aromatic carbocycles. The van der Waals surface area contributed by atoms with E-state index >= 15 is 0 Å². The number of carboxylic acids is 1. The molecule has 0 aliphatic heterocycles. The van der Waals surface area contributed by atoms with Gasteiger partial charge in [-0.25, -0.2) is 9.78 Å². The van der Waals surface area contributed by atoms with Crippen molar-refractivity contribution in [2.75, 3.05) is 11.9 Å². The number of nitrogens with one attached hydrogen (secondary N) is 1. The molecular weight excluding hydrogens is 270 g/mol. The van der Waals surface area contributed by atoms with Crippen molar-refractivity contribution >= 4 is 22.7 Å². The highest BCUT2D eigenvalue weighted by atomic mass is 16.4. The zero-order valence-electron chi connectivity index (χ0n) is 11.7. The molecule has 1 aromatic heterocycles. The molecule has 0 bridgehead atoms. The molecule has 0 radical (unpaired) electrons. The van der Waals surface area contributed by atoms with Crippen LogP contribution in [-0.4, -0.2) is 33.3 Å². The summed E-state index contributed by atoms with van der Waals surface area (Å²) >= 11 is 0. The van der Waals surface area contributed by atoms with Gasteiger partial charge in [0.1, 0.15) is 11.9 Å². The van der Waals surface area contributed by atoms with Crippen molar-refractivity contribution < 1.29 is 15.0 Å². The fourth-order valence-corrected chi connectivity index (χ4v) is 1.97. The highest BCUT2D eigenvalue weighted by molar-refractivity contribution is 5.87. The molecule has 2 rings (SSSR count). The molecule has 6 heteroatoms. The second kappa shape index (κ2) is 5.38. The van der Waals surface area contributed by atoms with Gasteiger partial charge in [0.25, 0.3) is 0 Å². The number of pyridine rings is 1. The predicted octanol–water partition coefficient (Wildman–Crippen LogP) is 1.66. The number of carbonyl (C=O) groups is 1. The average molecular weight is 285 g/mol. The molecule has 21 heavy (non-hydrogen) atoms. The Morgan fingerprint density at radius 1 is 1.48 bits per heavy atom. The quantitative estimate of drug-likeness (QED) is 0.788. The van der Waals surface area contributed by atoms with Crippen molar-refractivity contribution in [1.29, 1.82) is 5.26 Å². The van der Waals surface area contributed by atoms with Crippen LogP contribution in [0, 0.1) is 18.3 Å². The third-order valence-corrected chi connectivity index (χ3v) is 3.32. The van der Waals surface area contributed by atoms with E-state index in [0.29, 0.717) is 11.1 Å². The molecule has 3 N–H and O–H groups in total. The van der Waals surface area contributed by atoms with E-state index < -0.39 is 11.6 Å². The molecule has 1 atom stereocenters. The van der Waals surface area contributed by atoms with Crippen LogP contribution in [0.15, 0.2) is 24.3 Å². The number of carboxylic acid groups (broad SMARTS) is 1. The van der Waals surface area contributed by atoms with Crippen LogP contribution in [0.3, 0.4) is 0 Å². The van der Waals surface area contributed by atoms with E-state index in [-0.39, 0.29) is 12.4 Å². The Hall–Kier alpha value is -2.65. The van der Waals surface area contributed by atoms with Crippen LogP contribution >= 0.6 is 0 Å². The molecule has 0 fully saturated rings. The molecule has 1 unspecified atom stereocenters. The standard InChI is InChI=1S/C15H15N3O3/c1-9-10-5-3-4-6-12(10)18-13(11(9)7-16)17-8-15(2,21)14(19)20/h3-6,21H,8H2,1-2H3,(H,17,18)(H,19,20). The summed E-state index contributed by atoms with van der Waals surface area (Å²) in [6.45, 7) is 2.74. The zero-order chi connectivity index (χ0) is 15.6. The van der Waals surface area contributed by atoms with Crippen LogP contribution in [0.1, 0.15) is 18.1 Å². The Balaban J connectivity index is 2.45. The number of fused-ring (bicyclic) bond motifs is 1. The van der Waals surface area contributed by atoms with Crippen molar-refractivity contribution in [3.05, 3.63) is 35.4 Å². The maximum atomic E-state index is 10.9. The molecule has 0 saturated heterocycles. The van der Waals surface area contributed by atoms with Gasteiger partial charge in [-0.3, -0.25) is 0 Å². The summed E-state index contributed by atoms with van der Waals surface area (Å²) in [5, 5.41) is 31.5. The Bertz CT molecular complexity index is 748. The topological polar surface area (TPSA) is 106 Å². The van der Waals surface area contributed by atoms with Gasteiger partial charge in [-0.2, -0.15) is 5.26 Å². The summed E-state index contributed by atoms with van der Waals surface area (Å²) in [6.07, 6.45) is 0. The monoisotopic (exact) mass is 285 g/mol. The van der Waals surface area contributed by atoms with Gasteiger partial charge in [0.2, 0.25) is 0 Å². The highest BCUT2D eigenvalue weighted by Gasteiger charge is 2.30. The van der Waals surface area contributed by atoms with Crippen molar-refractivity contribution in [3.63, 3.8) is 0 Å². The van der Waals surface area contributed by atoms with E-state index in [1.165, 1.54) is 6.92 Å². The molecule has 0 aliphatic carbocycles. The van der Waals surface area contributed by atoms with Crippen LogP contribution < -0.4 is 5.32 Å². The van der Waals surface area contributed by atoms with E-state index in [9.17, 15) is 15.2 Å². The maximum absolute atomic E-state index is 10.9. The van der Waals surface area contributed by atoms with Gasteiger partial charge in [0, 0.05) is 5.39 Å². The number of hydrogen-bond acceptors (Lipinski definition) is 5. The summed E-state index contributed by atoms with van der Waals surface area (Å²) in [4.78, 5) is 15.2. The lowest BCUT2D eigenvalue weighted by Gasteiger charge is -2.19. The summed E-state index contributed by atoms with van der Waals surface area (Å²) < 4.78 is 0. The van der Waals surface area contributed by atoms with E-state index in [1.807, 2.05) is 31.2 Å². The minimum Gasteiger partial charge on any atom is -0.479 e. The average Bonchev–Trinajstić information content (AvgIpc) is 2.45. The fraction of sp³-hybridized carbons (Fsp3) is 0.267. The van der Waals surface area contributed by atoms with Gasteiger partial charge < -0.3 is 15.5 Å². The Morgan fingerprint density at radius 3 is 2.76 bits per heavy atom. The first-order valence-corrected chi connectivity index (χ1v) is 6.36. The van der Waals surface area contributed by atoms with Gasteiger partial charge >= 0.3 is 5.97 Å². The van der Waals surface area contributed by atoms with Crippen LogP contribution in [0.4, 0.5) is 5.82 Å². The number of nitriles is 1. The molecule has 6 nitrogen and oxygen atoms in total. The number of rotatable bonds is 4. The van der Waals surface area contributed by atoms with Crippen molar-refractivity contribution in [2.24, 2.45) is 0 Å². The van der Waals surface area contributed by atoms with Crippen molar-refractivity contribution in [3.8, 4) is 6.07 Å². The lowest BCUT2D eigenvalue weighted by atomic mass is 10.0. The summed E-state index contributed by atoms with van der Waals surface area (Å²) in [7, 11) is 0. The van der Waals surface area contributed by atoms with Gasteiger partial charge in [-0.15, -0.1) is 0 Å². The lowest BCUT2D eigenvalue weighted by molar-refractivity contribution is -0.155. The number of nitrogens with zero attached hydrogens (tertiary/aromatic N) is 2. The van der Waals surface area contributed by atoms with Crippen LogP contribution in [-0.2, 0) is 4.79 Å². The number of aliphatic hydroxyl groups is 1. The van der Waals surface area contributed by atoms with E-state index in [1.54, 1.807) is 0 Å². The van der Waals surface area contributed by atoms with E-state index in [4.69, 9.17) is 5.11 Å². The Kier molecular flexibility index (Phi) is 3.78. The number of benzene rings is 1. The van der Waals surface area contributed by atoms with Gasteiger partial charge in [-0.1, -0.05) is 18.2 Å².